The molecule has 6 heteroatoms. The molecule has 1 saturated heterocycles. The fourth-order valence-electron chi connectivity index (χ4n) is 3.35. The average molecular weight is 342 g/mol. The Morgan fingerprint density at radius 3 is 2.36 bits per heavy atom. The molecule has 2 aromatic rings. The summed E-state index contributed by atoms with van der Waals surface area (Å²) in [5.74, 6) is -0.0792. The van der Waals surface area contributed by atoms with Crippen LogP contribution in [0.2, 0.25) is 0 Å². The van der Waals surface area contributed by atoms with Crippen LogP contribution in [-0.2, 0) is 6.54 Å². The fourth-order valence-corrected chi connectivity index (χ4v) is 3.35. The molecule has 6 nitrogen and oxygen atoms in total. The van der Waals surface area contributed by atoms with Crippen LogP contribution in [0.4, 0.5) is 0 Å². The summed E-state index contributed by atoms with van der Waals surface area (Å²) in [6.45, 7) is 9.99. The molecule has 0 atom stereocenters. The lowest BCUT2D eigenvalue weighted by Crippen LogP contribution is -2.51. The van der Waals surface area contributed by atoms with E-state index in [9.17, 15) is 9.59 Å². The number of nitrogens with zero attached hydrogens (tertiary/aromatic N) is 4. The summed E-state index contributed by atoms with van der Waals surface area (Å²) in [5.41, 5.74) is 0.264. The molecule has 0 N–H and O–H groups in total. The topological polar surface area (TPSA) is 58.4 Å². The SMILES string of the molecule is CCCn1nc(C(=O)N2CCN(C(C)C)CC2)c2ccccc2c1=O. The lowest BCUT2D eigenvalue weighted by molar-refractivity contribution is 0.0589. The summed E-state index contributed by atoms with van der Waals surface area (Å²) in [4.78, 5) is 29.9. The van der Waals surface area contributed by atoms with Crippen LogP contribution in [0.1, 0.15) is 37.7 Å². The van der Waals surface area contributed by atoms with Crippen LogP contribution in [0.15, 0.2) is 29.1 Å². The molecule has 1 fully saturated rings. The second-order valence-electron chi connectivity index (χ2n) is 6.84. The van der Waals surface area contributed by atoms with Gasteiger partial charge in [0.15, 0.2) is 5.69 Å². The third kappa shape index (κ3) is 3.44. The Morgan fingerprint density at radius 1 is 1.12 bits per heavy atom. The van der Waals surface area contributed by atoms with Crippen LogP contribution >= 0.6 is 0 Å². The monoisotopic (exact) mass is 342 g/mol. The Balaban J connectivity index is 1.96. The highest BCUT2D eigenvalue weighted by Gasteiger charge is 2.26. The first kappa shape index (κ1) is 17.6. The van der Waals surface area contributed by atoms with Gasteiger partial charge in [0, 0.05) is 44.2 Å². The standard InChI is InChI=1S/C19H26N4O2/c1-4-9-23-18(24)16-8-6-5-7-15(16)17(20-23)19(25)22-12-10-21(11-13-22)14(2)3/h5-8,14H,4,9-13H2,1-3H3. The van der Waals surface area contributed by atoms with E-state index in [1.165, 1.54) is 4.68 Å². The molecule has 3 rings (SSSR count). The molecule has 1 aromatic carbocycles. The minimum absolute atomic E-state index is 0.0792. The number of benzene rings is 1. The summed E-state index contributed by atoms with van der Waals surface area (Å²) in [5, 5.41) is 5.63. The van der Waals surface area contributed by atoms with Crippen molar-refractivity contribution in [2.24, 2.45) is 0 Å². The van der Waals surface area contributed by atoms with E-state index in [-0.39, 0.29) is 11.5 Å². The highest BCUT2D eigenvalue weighted by Crippen LogP contribution is 2.17. The van der Waals surface area contributed by atoms with Crippen molar-refractivity contribution < 1.29 is 4.79 Å². The normalized spacial score (nSPS) is 15.9. The Bertz CT molecular complexity index is 820. The maximum Gasteiger partial charge on any atom is 0.275 e. The van der Waals surface area contributed by atoms with Crippen LogP contribution in [0, 0.1) is 0 Å². The molecule has 1 aliphatic rings. The first-order valence-electron chi connectivity index (χ1n) is 9.06. The van der Waals surface area contributed by atoms with Gasteiger partial charge in [0.25, 0.3) is 11.5 Å². The van der Waals surface area contributed by atoms with Gasteiger partial charge in [0.2, 0.25) is 0 Å². The summed E-state index contributed by atoms with van der Waals surface area (Å²) in [6, 6.07) is 7.76. The van der Waals surface area contributed by atoms with Crippen LogP contribution in [0.25, 0.3) is 10.8 Å². The first-order chi connectivity index (χ1) is 12.0. The van der Waals surface area contributed by atoms with Crippen molar-refractivity contribution in [3.8, 4) is 0 Å². The van der Waals surface area contributed by atoms with Crippen molar-refractivity contribution in [1.82, 2.24) is 19.6 Å². The molecule has 1 amide bonds. The van der Waals surface area contributed by atoms with E-state index in [1.54, 1.807) is 6.07 Å². The molecule has 134 valence electrons. The van der Waals surface area contributed by atoms with E-state index in [0.29, 0.717) is 42.1 Å². The van der Waals surface area contributed by atoms with Gasteiger partial charge in [-0.05, 0) is 26.3 Å². The van der Waals surface area contributed by atoms with E-state index < -0.39 is 0 Å². The van der Waals surface area contributed by atoms with Crippen LogP contribution < -0.4 is 5.56 Å². The number of amides is 1. The fraction of sp³-hybridized carbons (Fsp3) is 0.526. The molecule has 0 radical (unpaired) electrons. The van der Waals surface area contributed by atoms with Gasteiger partial charge in [-0.15, -0.1) is 0 Å². The average Bonchev–Trinajstić information content (AvgIpc) is 2.64. The largest absolute Gasteiger partial charge is 0.335 e. The molecule has 0 aliphatic carbocycles. The third-order valence-corrected chi connectivity index (χ3v) is 4.84. The molecule has 0 bridgehead atoms. The second-order valence-corrected chi connectivity index (χ2v) is 6.84. The Kier molecular flexibility index (Phi) is 5.18. The van der Waals surface area contributed by atoms with Crippen LogP contribution in [0.5, 0.6) is 0 Å². The number of carbonyl (C=O) groups excluding carboxylic acids is 1. The van der Waals surface area contributed by atoms with E-state index in [1.807, 2.05) is 30.0 Å². The van der Waals surface area contributed by atoms with E-state index in [4.69, 9.17) is 0 Å². The lowest BCUT2D eigenvalue weighted by atomic mass is 10.1. The zero-order valence-corrected chi connectivity index (χ0v) is 15.2. The van der Waals surface area contributed by atoms with E-state index in [0.717, 1.165) is 19.5 Å². The number of carbonyl (C=O) groups is 1. The second kappa shape index (κ2) is 7.35. The highest BCUT2D eigenvalue weighted by atomic mass is 16.2. The molecule has 2 heterocycles. The lowest BCUT2D eigenvalue weighted by Gasteiger charge is -2.36. The number of piperazine rings is 1. The van der Waals surface area contributed by atoms with Crippen molar-refractivity contribution in [2.75, 3.05) is 26.2 Å². The van der Waals surface area contributed by atoms with Crippen molar-refractivity contribution in [2.45, 2.75) is 39.8 Å². The summed E-state index contributed by atoms with van der Waals surface area (Å²) < 4.78 is 1.43. The quantitative estimate of drug-likeness (QED) is 0.852. The predicted octanol–water partition coefficient (Wildman–Crippen LogP) is 1.97. The minimum atomic E-state index is -0.126. The molecular weight excluding hydrogens is 316 g/mol. The van der Waals surface area contributed by atoms with Gasteiger partial charge in [-0.1, -0.05) is 25.1 Å². The van der Waals surface area contributed by atoms with Crippen molar-refractivity contribution in [1.29, 1.82) is 0 Å². The Labute approximate surface area is 148 Å². The highest BCUT2D eigenvalue weighted by molar-refractivity contribution is 6.04. The Hall–Kier alpha value is -2.21. The van der Waals surface area contributed by atoms with Crippen molar-refractivity contribution >= 4 is 16.7 Å². The van der Waals surface area contributed by atoms with Gasteiger partial charge in [-0.2, -0.15) is 5.10 Å². The summed E-state index contributed by atoms with van der Waals surface area (Å²) in [7, 11) is 0. The molecule has 1 aliphatic heterocycles. The van der Waals surface area contributed by atoms with Gasteiger partial charge >= 0.3 is 0 Å². The molecular formula is C19H26N4O2. The predicted molar refractivity (Wildman–Crippen MR) is 98.9 cm³/mol. The minimum Gasteiger partial charge on any atom is -0.335 e. The van der Waals surface area contributed by atoms with Gasteiger partial charge in [0.05, 0.1) is 5.39 Å². The molecule has 0 spiro atoms. The Morgan fingerprint density at radius 2 is 1.76 bits per heavy atom. The molecule has 0 saturated carbocycles. The molecule has 1 aromatic heterocycles. The smallest absolute Gasteiger partial charge is 0.275 e. The summed E-state index contributed by atoms with van der Waals surface area (Å²) in [6.07, 6.45) is 0.798. The van der Waals surface area contributed by atoms with Gasteiger partial charge in [-0.25, -0.2) is 4.68 Å². The number of hydrogen-bond acceptors (Lipinski definition) is 4. The van der Waals surface area contributed by atoms with Gasteiger partial charge in [0.1, 0.15) is 0 Å². The first-order valence-corrected chi connectivity index (χ1v) is 9.06. The van der Waals surface area contributed by atoms with Crippen molar-refractivity contribution in [3.05, 3.63) is 40.3 Å². The third-order valence-electron chi connectivity index (χ3n) is 4.84. The van der Waals surface area contributed by atoms with Crippen LogP contribution in [0.3, 0.4) is 0 Å². The number of rotatable bonds is 4. The van der Waals surface area contributed by atoms with E-state index >= 15 is 0 Å². The molecule has 25 heavy (non-hydrogen) atoms. The molecule has 0 unspecified atom stereocenters. The van der Waals surface area contributed by atoms with Gasteiger partial charge < -0.3 is 4.90 Å². The number of fused-ring (bicyclic) bond motifs is 1. The van der Waals surface area contributed by atoms with Crippen molar-refractivity contribution in [3.63, 3.8) is 0 Å². The summed E-state index contributed by atoms with van der Waals surface area (Å²) >= 11 is 0. The maximum absolute atomic E-state index is 13.1. The van der Waals surface area contributed by atoms with Gasteiger partial charge in [-0.3, -0.25) is 14.5 Å². The maximum atomic E-state index is 13.1. The van der Waals surface area contributed by atoms with E-state index in [2.05, 4.69) is 23.8 Å². The van der Waals surface area contributed by atoms with Crippen LogP contribution in [-0.4, -0.2) is 57.7 Å². The number of aromatic nitrogens is 2. The zero-order valence-electron chi connectivity index (χ0n) is 15.2. The number of aryl methyl sites for hydroxylation is 1. The zero-order chi connectivity index (χ0) is 18.0. The number of hydrogen-bond donors (Lipinski definition) is 0.